The molecule has 0 aliphatic carbocycles. The highest BCUT2D eigenvalue weighted by Gasteiger charge is 2.15. The first-order valence-electron chi connectivity index (χ1n) is 6.85. The van der Waals surface area contributed by atoms with Gasteiger partial charge in [-0.25, -0.2) is 4.39 Å². The molecule has 0 fully saturated rings. The molecule has 0 spiro atoms. The first-order valence-corrected chi connectivity index (χ1v) is 8.21. The minimum absolute atomic E-state index is 0.0381. The summed E-state index contributed by atoms with van der Waals surface area (Å²) in [5.41, 5.74) is 1.61. The number of rotatable bonds is 5. The Labute approximate surface area is 134 Å². The Morgan fingerprint density at radius 2 is 1.91 bits per heavy atom. The quantitative estimate of drug-likeness (QED) is 0.842. The molecule has 1 N–H and O–H groups in total. The fourth-order valence-electron chi connectivity index (χ4n) is 1.98. The summed E-state index contributed by atoms with van der Waals surface area (Å²) in [6, 6.07) is 7.47. The lowest BCUT2D eigenvalue weighted by Gasteiger charge is -2.11. The van der Waals surface area contributed by atoms with E-state index in [2.05, 4.69) is 9.17 Å². The van der Waals surface area contributed by atoms with Crippen molar-refractivity contribution in [2.24, 2.45) is 0 Å². The fraction of sp³-hybridized carbons (Fsp3) is 0.188. The van der Waals surface area contributed by atoms with Gasteiger partial charge in [-0.3, -0.25) is 9.54 Å². The summed E-state index contributed by atoms with van der Waals surface area (Å²) >= 11 is 0. The summed E-state index contributed by atoms with van der Waals surface area (Å²) in [6.07, 6.45) is 4.84. The lowest BCUT2D eigenvalue weighted by atomic mass is 10.1. The summed E-state index contributed by atoms with van der Waals surface area (Å²) in [5, 5.41) is 0. The van der Waals surface area contributed by atoms with Crippen molar-refractivity contribution in [3.8, 4) is 5.75 Å². The number of hydrogen-bond acceptors (Lipinski definition) is 4. The highest BCUT2D eigenvalue weighted by molar-refractivity contribution is 7.81. The zero-order chi connectivity index (χ0) is 17.0. The van der Waals surface area contributed by atoms with Crippen LogP contribution in [0.3, 0.4) is 0 Å². The van der Waals surface area contributed by atoms with Crippen LogP contribution in [0.15, 0.2) is 36.5 Å². The molecule has 0 aliphatic heterocycles. The smallest absolute Gasteiger partial charge is 0.360 e. The SMILES string of the molecule is CC(C)c1ncc(C=Cc2cccc(F)c2)cc1OS(=O)(=O)O. The van der Waals surface area contributed by atoms with Crippen molar-refractivity contribution in [3.63, 3.8) is 0 Å². The van der Waals surface area contributed by atoms with Crippen molar-refractivity contribution in [1.29, 1.82) is 0 Å². The first kappa shape index (κ1) is 17.1. The van der Waals surface area contributed by atoms with E-state index in [1.165, 1.54) is 18.2 Å². The van der Waals surface area contributed by atoms with Crippen LogP contribution in [0.4, 0.5) is 4.39 Å². The van der Waals surface area contributed by atoms with E-state index in [4.69, 9.17) is 4.55 Å². The van der Waals surface area contributed by atoms with Gasteiger partial charge in [-0.2, -0.15) is 8.42 Å². The molecule has 5 nitrogen and oxygen atoms in total. The Morgan fingerprint density at radius 1 is 1.22 bits per heavy atom. The van der Waals surface area contributed by atoms with Crippen molar-refractivity contribution in [2.75, 3.05) is 0 Å². The highest BCUT2D eigenvalue weighted by atomic mass is 32.3. The number of hydrogen-bond donors (Lipinski definition) is 1. The Hall–Kier alpha value is -2.25. The maximum atomic E-state index is 13.1. The summed E-state index contributed by atoms with van der Waals surface area (Å²) in [7, 11) is -4.64. The van der Waals surface area contributed by atoms with Crippen LogP contribution in [-0.2, 0) is 10.4 Å². The fourth-order valence-corrected chi connectivity index (χ4v) is 2.34. The number of aromatic nitrogens is 1. The number of pyridine rings is 1. The standard InChI is InChI=1S/C16H16FNO4S/c1-11(2)16-15(22-23(19,20)21)9-13(10-18-16)7-6-12-4-3-5-14(17)8-12/h3-11H,1-2H3,(H,19,20,21). The summed E-state index contributed by atoms with van der Waals surface area (Å²) in [6.45, 7) is 3.64. The molecule has 1 heterocycles. The summed E-state index contributed by atoms with van der Waals surface area (Å²) in [5.74, 6) is -0.479. The molecule has 0 atom stereocenters. The van der Waals surface area contributed by atoms with Gasteiger partial charge in [0.25, 0.3) is 0 Å². The van der Waals surface area contributed by atoms with Gasteiger partial charge in [0.15, 0.2) is 5.75 Å². The van der Waals surface area contributed by atoms with E-state index in [1.54, 1.807) is 30.5 Å². The van der Waals surface area contributed by atoms with Crippen molar-refractivity contribution in [2.45, 2.75) is 19.8 Å². The van der Waals surface area contributed by atoms with Crippen molar-refractivity contribution in [1.82, 2.24) is 4.98 Å². The minimum Gasteiger partial charge on any atom is -0.360 e. The Bertz CT molecular complexity index is 832. The lowest BCUT2D eigenvalue weighted by molar-refractivity contribution is 0.383. The van der Waals surface area contributed by atoms with Crippen molar-refractivity contribution < 1.29 is 21.5 Å². The summed E-state index contributed by atoms with van der Waals surface area (Å²) < 4.78 is 48.5. The molecule has 2 aromatic rings. The summed E-state index contributed by atoms with van der Waals surface area (Å²) in [4.78, 5) is 4.17. The average Bonchev–Trinajstić information content (AvgIpc) is 2.43. The van der Waals surface area contributed by atoms with Crippen LogP contribution >= 0.6 is 0 Å². The third kappa shape index (κ3) is 5.15. The molecule has 0 saturated carbocycles. The zero-order valence-electron chi connectivity index (χ0n) is 12.6. The van der Waals surface area contributed by atoms with Crippen LogP contribution in [0.5, 0.6) is 5.75 Å². The van der Waals surface area contributed by atoms with Crippen LogP contribution in [0, 0.1) is 5.82 Å². The molecule has 0 amide bonds. The Kier molecular flexibility index (Phi) is 5.12. The molecule has 1 aromatic heterocycles. The van der Waals surface area contributed by atoms with Gasteiger partial charge in [0, 0.05) is 6.20 Å². The van der Waals surface area contributed by atoms with Crippen LogP contribution < -0.4 is 4.18 Å². The normalized spacial score (nSPS) is 12.0. The van der Waals surface area contributed by atoms with E-state index in [1.807, 2.05) is 13.8 Å². The van der Waals surface area contributed by atoms with Gasteiger partial charge < -0.3 is 4.18 Å². The Balaban J connectivity index is 2.35. The average molecular weight is 337 g/mol. The monoisotopic (exact) mass is 337 g/mol. The van der Waals surface area contributed by atoms with Gasteiger partial charge >= 0.3 is 10.4 Å². The highest BCUT2D eigenvalue weighted by Crippen LogP contribution is 2.27. The van der Waals surface area contributed by atoms with E-state index in [0.717, 1.165) is 0 Å². The zero-order valence-corrected chi connectivity index (χ0v) is 13.4. The molecule has 0 unspecified atom stereocenters. The van der Waals surface area contributed by atoms with E-state index in [9.17, 15) is 12.8 Å². The van der Waals surface area contributed by atoms with E-state index >= 15 is 0 Å². The molecule has 1 aromatic carbocycles. The van der Waals surface area contributed by atoms with Gasteiger partial charge in [-0.15, -0.1) is 0 Å². The number of halogens is 1. The van der Waals surface area contributed by atoms with Crippen molar-refractivity contribution >= 4 is 22.6 Å². The molecule has 0 aliphatic rings. The maximum Gasteiger partial charge on any atom is 0.446 e. The van der Waals surface area contributed by atoms with Crippen LogP contribution in [-0.4, -0.2) is 18.0 Å². The minimum atomic E-state index is -4.64. The molecular weight excluding hydrogens is 321 g/mol. The topological polar surface area (TPSA) is 76.5 Å². The molecule has 7 heteroatoms. The van der Waals surface area contributed by atoms with Crippen LogP contribution in [0.1, 0.15) is 36.6 Å². The molecule has 23 heavy (non-hydrogen) atoms. The second-order valence-electron chi connectivity index (χ2n) is 5.21. The third-order valence-electron chi connectivity index (χ3n) is 2.96. The second-order valence-corrected chi connectivity index (χ2v) is 6.23. The van der Waals surface area contributed by atoms with Gasteiger partial charge in [-0.1, -0.05) is 38.1 Å². The van der Waals surface area contributed by atoms with Crippen LogP contribution in [0.2, 0.25) is 0 Å². The van der Waals surface area contributed by atoms with E-state index < -0.39 is 10.4 Å². The molecule has 0 bridgehead atoms. The number of benzene rings is 1. The second kappa shape index (κ2) is 6.89. The third-order valence-corrected chi connectivity index (χ3v) is 3.35. The lowest BCUT2D eigenvalue weighted by Crippen LogP contribution is -2.10. The van der Waals surface area contributed by atoms with Gasteiger partial charge in [0.05, 0.1) is 5.69 Å². The molecular formula is C16H16FNO4S. The van der Waals surface area contributed by atoms with Gasteiger partial charge in [-0.05, 0) is 35.2 Å². The van der Waals surface area contributed by atoms with Crippen molar-refractivity contribution in [3.05, 3.63) is 59.2 Å². The number of nitrogens with zero attached hydrogens (tertiary/aromatic N) is 1. The largest absolute Gasteiger partial charge is 0.446 e. The van der Waals surface area contributed by atoms with E-state index in [0.29, 0.717) is 16.8 Å². The molecule has 0 radical (unpaired) electrons. The maximum absolute atomic E-state index is 13.1. The first-order chi connectivity index (χ1) is 10.7. The molecule has 2 rings (SSSR count). The molecule has 122 valence electrons. The van der Waals surface area contributed by atoms with E-state index in [-0.39, 0.29) is 17.5 Å². The van der Waals surface area contributed by atoms with Crippen LogP contribution in [0.25, 0.3) is 12.2 Å². The predicted octanol–water partition coefficient (Wildman–Crippen LogP) is 3.70. The van der Waals surface area contributed by atoms with Gasteiger partial charge in [0.1, 0.15) is 5.82 Å². The Morgan fingerprint density at radius 3 is 2.52 bits per heavy atom. The predicted molar refractivity (Wildman–Crippen MR) is 85.8 cm³/mol. The van der Waals surface area contributed by atoms with Gasteiger partial charge in [0.2, 0.25) is 0 Å². The molecule has 0 saturated heterocycles.